The Kier molecular flexibility index (Phi) is 6.34. The van der Waals surface area contributed by atoms with Gasteiger partial charge in [-0.15, -0.1) is 22.0 Å². The van der Waals surface area contributed by atoms with Gasteiger partial charge in [0.15, 0.2) is 5.16 Å². The molecule has 0 radical (unpaired) electrons. The standard InChI is InChI=1S/C21H25N5S2/c1-16-19(14-28-21-24-23-15-25(21)2)22-9-7-20(16)27-12-11-26-10-8-17-5-3-4-6-18(17)13-26/h3-7,9,15H,8,10-14H2,1-2H3. The second kappa shape index (κ2) is 9.11. The van der Waals surface area contributed by atoms with Crippen LogP contribution in [0.4, 0.5) is 0 Å². The summed E-state index contributed by atoms with van der Waals surface area (Å²) in [5, 5.41) is 8.99. The number of hydrogen-bond acceptors (Lipinski definition) is 6. The summed E-state index contributed by atoms with van der Waals surface area (Å²) < 4.78 is 1.94. The van der Waals surface area contributed by atoms with Crippen molar-refractivity contribution in [3.8, 4) is 0 Å². The van der Waals surface area contributed by atoms with Crippen molar-refractivity contribution in [2.75, 3.05) is 18.8 Å². The predicted octanol–water partition coefficient (Wildman–Crippen LogP) is 3.96. The highest BCUT2D eigenvalue weighted by atomic mass is 32.2. The molecule has 0 aliphatic carbocycles. The summed E-state index contributed by atoms with van der Waals surface area (Å²) in [6.45, 7) is 5.53. The second-order valence-electron chi connectivity index (χ2n) is 7.04. The first-order valence-electron chi connectivity index (χ1n) is 9.54. The molecule has 1 aromatic carbocycles. The molecule has 0 spiro atoms. The summed E-state index contributed by atoms with van der Waals surface area (Å²) in [6, 6.07) is 11.0. The fourth-order valence-electron chi connectivity index (χ4n) is 3.43. The SMILES string of the molecule is Cc1c(SCCN2CCc3ccccc3C2)ccnc1CSc1nncn1C. The molecule has 0 N–H and O–H groups in total. The lowest BCUT2D eigenvalue weighted by Crippen LogP contribution is -2.32. The average Bonchev–Trinajstić information content (AvgIpc) is 3.13. The molecule has 28 heavy (non-hydrogen) atoms. The maximum atomic E-state index is 4.59. The Hall–Kier alpha value is -1.83. The van der Waals surface area contributed by atoms with Crippen LogP contribution in [-0.4, -0.2) is 43.5 Å². The molecule has 7 heteroatoms. The zero-order chi connectivity index (χ0) is 19.3. The minimum atomic E-state index is 0.815. The van der Waals surface area contributed by atoms with Crippen molar-refractivity contribution < 1.29 is 0 Å². The average molecular weight is 412 g/mol. The van der Waals surface area contributed by atoms with E-state index in [2.05, 4.69) is 57.3 Å². The van der Waals surface area contributed by atoms with Crippen molar-refractivity contribution in [1.29, 1.82) is 0 Å². The van der Waals surface area contributed by atoms with E-state index in [9.17, 15) is 0 Å². The molecule has 3 aromatic rings. The highest BCUT2D eigenvalue weighted by molar-refractivity contribution is 7.99. The predicted molar refractivity (Wildman–Crippen MR) is 116 cm³/mol. The van der Waals surface area contributed by atoms with Crippen LogP contribution in [0.5, 0.6) is 0 Å². The van der Waals surface area contributed by atoms with Gasteiger partial charge in [0.25, 0.3) is 0 Å². The van der Waals surface area contributed by atoms with Gasteiger partial charge in [0, 0.05) is 49.3 Å². The molecule has 146 valence electrons. The van der Waals surface area contributed by atoms with E-state index in [0.717, 1.165) is 42.0 Å². The van der Waals surface area contributed by atoms with Crippen LogP contribution >= 0.6 is 23.5 Å². The number of pyridine rings is 1. The van der Waals surface area contributed by atoms with Crippen LogP contribution in [0.3, 0.4) is 0 Å². The Morgan fingerprint density at radius 1 is 1.11 bits per heavy atom. The Morgan fingerprint density at radius 2 is 1.96 bits per heavy atom. The van der Waals surface area contributed by atoms with Crippen LogP contribution in [-0.2, 0) is 25.8 Å². The van der Waals surface area contributed by atoms with Crippen LogP contribution in [0.25, 0.3) is 0 Å². The third-order valence-electron chi connectivity index (χ3n) is 5.14. The highest BCUT2D eigenvalue weighted by Gasteiger charge is 2.15. The quantitative estimate of drug-likeness (QED) is 0.549. The molecule has 0 saturated carbocycles. The summed E-state index contributed by atoms with van der Waals surface area (Å²) >= 11 is 3.62. The van der Waals surface area contributed by atoms with Crippen molar-refractivity contribution in [3.05, 3.63) is 65.2 Å². The molecule has 0 fully saturated rings. The lowest BCUT2D eigenvalue weighted by Gasteiger charge is -2.28. The Bertz CT molecular complexity index is 940. The maximum absolute atomic E-state index is 4.59. The van der Waals surface area contributed by atoms with Crippen LogP contribution in [0, 0.1) is 6.92 Å². The molecule has 0 saturated heterocycles. The first-order valence-corrected chi connectivity index (χ1v) is 11.5. The van der Waals surface area contributed by atoms with Crippen molar-refractivity contribution in [2.45, 2.75) is 35.7 Å². The molecule has 0 bridgehead atoms. The minimum absolute atomic E-state index is 0.815. The number of fused-ring (bicyclic) bond motifs is 1. The lowest BCUT2D eigenvalue weighted by molar-refractivity contribution is 0.270. The van der Waals surface area contributed by atoms with Gasteiger partial charge in [-0.25, -0.2) is 0 Å². The number of hydrogen-bond donors (Lipinski definition) is 0. The Balaban J connectivity index is 1.31. The molecule has 1 aliphatic heterocycles. The van der Waals surface area contributed by atoms with E-state index in [0.29, 0.717) is 0 Å². The molecule has 0 unspecified atom stereocenters. The van der Waals surface area contributed by atoms with Gasteiger partial charge in [-0.05, 0) is 36.1 Å². The molecule has 4 rings (SSSR count). The molecule has 3 heterocycles. The van der Waals surface area contributed by atoms with Gasteiger partial charge < -0.3 is 4.57 Å². The van der Waals surface area contributed by atoms with E-state index >= 15 is 0 Å². The van der Waals surface area contributed by atoms with Gasteiger partial charge in [-0.1, -0.05) is 36.0 Å². The molecular weight excluding hydrogens is 386 g/mol. The van der Waals surface area contributed by atoms with Crippen molar-refractivity contribution in [1.82, 2.24) is 24.6 Å². The fraction of sp³-hybridized carbons (Fsp3) is 0.381. The molecule has 0 amide bonds. The van der Waals surface area contributed by atoms with Crippen molar-refractivity contribution in [2.24, 2.45) is 7.05 Å². The summed E-state index contributed by atoms with van der Waals surface area (Å²) in [5.74, 6) is 1.92. The van der Waals surface area contributed by atoms with E-state index in [1.807, 2.05) is 29.6 Å². The monoisotopic (exact) mass is 411 g/mol. The van der Waals surface area contributed by atoms with E-state index in [4.69, 9.17) is 0 Å². The van der Waals surface area contributed by atoms with Gasteiger partial charge in [-0.3, -0.25) is 9.88 Å². The summed E-state index contributed by atoms with van der Waals surface area (Å²) in [5.41, 5.74) is 5.42. The number of nitrogens with zero attached hydrogens (tertiary/aromatic N) is 5. The molecule has 2 aromatic heterocycles. The third-order valence-corrected chi connectivity index (χ3v) is 7.33. The van der Waals surface area contributed by atoms with Gasteiger partial charge in [0.1, 0.15) is 6.33 Å². The number of aryl methyl sites for hydroxylation is 1. The molecule has 5 nitrogen and oxygen atoms in total. The smallest absolute Gasteiger partial charge is 0.191 e. The van der Waals surface area contributed by atoms with E-state index in [-0.39, 0.29) is 0 Å². The molecule has 0 atom stereocenters. The topological polar surface area (TPSA) is 46.8 Å². The van der Waals surface area contributed by atoms with E-state index < -0.39 is 0 Å². The fourth-order valence-corrected chi connectivity index (χ4v) is 5.40. The van der Waals surface area contributed by atoms with Crippen molar-refractivity contribution >= 4 is 23.5 Å². The number of aromatic nitrogens is 4. The van der Waals surface area contributed by atoms with Crippen LogP contribution in [0.1, 0.15) is 22.4 Å². The second-order valence-corrected chi connectivity index (χ2v) is 9.12. The minimum Gasteiger partial charge on any atom is -0.312 e. The van der Waals surface area contributed by atoms with Crippen molar-refractivity contribution in [3.63, 3.8) is 0 Å². The summed E-state index contributed by atoms with van der Waals surface area (Å²) in [6.07, 6.45) is 4.82. The van der Waals surface area contributed by atoms with Crippen LogP contribution in [0.2, 0.25) is 0 Å². The van der Waals surface area contributed by atoms with Gasteiger partial charge in [-0.2, -0.15) is 0 Å². The third kappa shape index (κ3) is 4.59. The number of thioether (sulfide) groups is 2. The highest BCUT2D eigenvalue weighted by Crippen LogP contribution is 2.28. The molecular formula is C21H25N5S2. The van der Waals surface area contributed by atoms with Gasteiger partial charge in [0.2, 0.25) is 0 Å². The Morgan fingerprint density at radius 3 is 2.79 bits per heavy atom. The molecule has 1 aliphatic rings. The first kappa shape index (κ1) is 19.5. The zero-order valence-electron chi connectivity index (χ0n) is 16.3. The van der Waals surface area contributed by atoms with Gasteiger partial charge in [0.05, 0.1) is 5.69 Å². The van der Waals surface area contributed by atoms with Crippen LogP contribution in [0.15, 0.2) is 52.9 Å². The number of benzene rings is 1. The van der Waals surface area contributed by atoms with Gasteiger partial charge >= 0.3 is 0 Å². The zero-order valence-corrected chi connectivity index (χ0v) is 18.0. The number of rotatable bonds is 7. The summed E-state index contributed by atoms with van der Waals surface area (Å²) in [4.78, 5) is 8.49. The van der Waals surface area contributed by atoms with E-state index in [1.54, 1.807) is 18.1 Å². The Labute approximate surface area is 175 Å². The first-order chi connectivity index (χ1) is 13.7. The largest absolute Gasteiger partial charge is 0.312 e. The maximum Gasteiger partial charge on any atom is 0.191 e. The van der Waals surface area contributed by atoms with E-state index in [1.165, 1.54) is 28.0 Å². The summed E-state index contributed by atoms with van der Waals surface area (Å²) in [7, 11) is 1.97. The normalized spacial score (nSPS) is 14.2. The van der Waals surface area contributed by atoms with Crippen LogP contribution < -0.4 is 0 Å². The lowest BCUT2D eigenvalue weighted by atomic mass is 10.0.